The standard InChI is InChI=1S/C24H21FN2O4/c1-3-24(30)16-7-19-21-14(9-27(19)22(28)15(16)10-31-23(24)29)13-6-4-5-12-11(2)17(25)8-18(26-21)20(12)13/h7-8,30H,3-6,9-10H2,1-2H3/t24-/m0/s1. The number of fused-ring (bicyclic) bond motifs is 5. The molecule has 0 radical (unpaired) electrons. The molecule has 0 unspecified atom stereocenters. The van der Waals surface area contributed by atoms with Crippen molar-refractivity contribution in [1.82, 2.24) is 9.55 Å². The number of ether oxygens (including phenoxy) is 1. The van der Waals surface area contributed by atoms with Crippen LogP contribution in [0.25, 0.3) is 22.3 Å². The molecule has 31 heavy (non-hydrogen) atoms. The van der Waals surface area contributed by atoms with E-state index in [2.05, 4.69) is 0 Å². The minimum Gasteiger partial charge on any atom is -0.458 e. The molecule has 1 N–H and O–H groups in total. The lowest BCUT2D eigenvalue weighted by atomic mass is 9.84. The maximum atomic E-state index is 14.6. The summed E-state index contributed by atoms with van der Waals surface area (Å²) in [7, 11) is 0. The van der Waals surface area contributed by atoms with Gasteiger partial charge >= 0.3 is 5.97 Å². The van der Waals surface area contributed by atoms with Gasteiger partial charge < -0.3 is 14.4 Å². The highest BCUT2D eigenvalue weighted by molar-refractivity contribution is 5.92. The summed E-state index contributed by atoms with van der Waals surface area (Å²) in [5.74, 6) is -1.01. The van der Waals surface area contributed by atoms with Crippen molar-refractivity contribution in [2.24, 2.45) is 0 Å². The van der Waals surface area contributed by atoms with Gasteiger partial charge in [-0.2, -0.15) is 0 Å². The first-order valence-corrected chi connectivity index (χ1v) is 10.7. The van der Waals surface area contributed by atoms with Crippen molar-refractivity contribution in [2.45, 2.75) is 58.3 Å². The van der Waals surface area contributed by atoms with Crippen LogP contribution in [0.4, 0.5) is 4.39 Å². The van der Waals surface area contributed by atoms with Crippen molar-refractivity contribution in [2.75, 3.05) is 0 Å². The van der Waals surface area contributed by atoms with Crippen LogP contribution in [0, 0.1) is 12.7 Å². The molecule has 0 fully saturated rings. The van der Waals surface area contributed by atoms with E-state index in [9.17, 15) is 19.1 Å². The Hall–Kier alpha value is -3.06. The van der Waals surface area contributed by atoms with E-state index in [0.717, 1.165) is 41.3 Å². The fraction of sp³-hybridized carbons (Fsp3) is 0.375. The molecule has 7 heteroatoms. The lowest BCUT2D eigenvalue weighted by molar-refractivity contribution is -0.172. The molecule has 1 aliphatic carbocycles. The second-order valence-electron chi connectivity index (χ2n) is 8.73. The van der Waals surface area contributed by atoms with E-state index >= 15 is 0 Å². The van der Waals surface area contributed by atoms with Gasteiger partial charge in [0.05, 0.1) is 29.0 Å². The van der Waals surface area contributed by atoms with E-state index in [0.29, 0.717) is 40.1 Å². The Kier molecular flexibility index (Phi) is 3.62. The summed E-state index contributed by atoms with van der Waals surface area (Å²) < 4.78 is 21.4. The van der Waals surface area contributed by atoms with Crippen molar-refractivity contribution in [3.63, 3.8) is 0 Å². The first kappa shape index (κ1) is 18.7. The van der Waals surface area contributed by atoms with E-state index in [1.54, 1.807) is 17.6 Å². The topological polar surface area (TPSA) is 81.4 Å². The highest BCUT2D eigenvalue weighted by Crippen LogP contribution is 2.43. The molecule has 3 aliphatic rings. The summed E-state index contributed by atoms with van der Waals surface area (Å²) in [4.78, 5) is 30.4. The molecular weight excluding hydrogens is 399 g/mol. The lowest BCUT2D eigenvalue weighted by Crippen LogP contribution is -2.44. The summed E-state index contributed by atoms with van der Waals surface area (Å²) in [5, 5.41) is 12.0. The fourth-order valence-corrected chi connectivity index (χ4v) is 5.52. The molecule has 1 atom stereocenters. The number of nitrogens with zero attached hydrogens (tertiary/aromatic N) is 2. The average Bonchev–Trinajstić information content (AvgIpc) is 3.14. The third-order valence-corrected chi connectivity index (χ3v) is 7.27. The predicted molar refractivity (Wildman–Crippen MR) is 111 cm³/mol. The van der Waals surface area contributed by atoms with Crippen LogP contribution in [0.1, 0.15) is 53.1 Å². The van der Waals surface area contributed by atoms with Crippen LogP contribution in [-0.2, 0) is 41.1 Å². The number of esters is 1. The predicted octanol–water partition coefficient (Wildman–Crippen LogP) is 3.02. The largest absolute Gasteiger partial charge is 0.458 e. The van der Waals surface area contributed by atoms with Crippen LogP contribution in [0.15, 0.2) is 16.9 Å². The summed E-state index contributed by atoms with van der Waals surface area (Å²) in [5.41, 5.74) is 4.04. The molecule has 2 aromatic heterocycles. The second kappa shape index (κ2) is 6.01. The first-order chi connectivity index (χ1) is 14.8. The molecule has 0 bridgehead atoms. The van der Waals surface area contributed by atoms with Gasteiger partial charge in [-0.25, -0.2) is 14.2 Å². The highest BCUT2D eigenvalue weighted by Gasteiger charge is 2.45. The number of halogens is 1. The zero-order valence-electron chi connectivity index (χ0n) is 17.3. The number of rotatable bonds is 1. The molecule has 0 amide bonds. The Morgan fingerprint density at radius 2 is 1.97 bits per heavy atom. The van der Waals surface area contributed by atoms with Crippen molar-refractivity contribution >= 4 is 16.9 Å². The number of cyclic esters (lactones) is 1. The molecule has 6 nitrogen and oxygen atoms in total. The molecule has 1 aromatic carbocycles. The van der Waals surface area contributed by atoms with E-state index in [-0.39, 0.29) is 24.4 Å². The molecule has 6 rings (SSSR count). The van der Waals surface area contributed by atoms with Crippen LogP contribution in [0.3, 0.4) is 0 Å². The minimum absolute atomic E-state index is 0.0961. The number of aryl methyl sites for hydroxylation is 2. The molecule has 2 aliphatic heterocycles. The van der Waals surface area contributed by atoms with Gasteiger partial charge in [0.1, 0.15) is 12.4 Å². The maximum Gasteiger partial charge on any atom is 0.343 e. The van der Waals surface area contributed by atoms with Crippen molar-refractivity contribution in [1.29, 1.82) is 0 Å². The van der Waals surface area contributed by atoms with Gasteiger partial charge in [0.25, 0.3) is 5.56 Å². The number of benzene rings is 1. The van der Waals surface area contributed by atoms with Gasteiger partial charge in [-0.15, -0.1) is 0 Å². The Labute approximate surface area is 177 Å². The van der Waals surface area contributed by atoms with Gasteiger partial charge in [-0.1, -0.05) is 6.92 Å². The summed E-state index contributed by atoms with van der Waals surface area (Å²) in [6.07, 6.45) is 2.68. The van der Waals surface area contributed by atoms with Gasteiger partial charge in [0.2, 0.25) is 0 Å². The van der Waals surface area contributed by atoms with Crippen LogP contribution in [0.2, 0.25) is 0 Å². The Bertz CT molecular complexity index is 1410. The van der Waals surface area contributed by atoms with Gasteiger partial charge in [0, 0.05) is 22.6 Å². The van der Waals surface area contributed by atoms with Crippen LogP contribution < -0.4 is 5.56 Å². The number of hydrogen-bond acceptors (Lipinski definition) is 5. The number of aliphatic hydroxyl groups is 1. The quantitative estimate of drug-likeness (QED) is 0.479. The minimum atomic E-state index is -1.85. The van der Waals surface area contributed by atoms with Gasteiger partial charge in [-0.05, 0) is 55.4 Å². The zero-order valence-corrected chi connectivity index (χ0v) is 17.3. The number of hydrogen-bond donors (Lipinski definition) is 1. The monoisotopic (exact) mass is 420 g/mol. The third kappa shape index (κ3) is 2.22. The van der Waals surface area contributed by atoms with Crippen LogP contribution in [0.5, 0.6) is 0 Å². The molecule has 3 aromatic rings. The summed E-state index contributed by atoms with van der Waals surface area (Å²) >= 11 is 0. The summed E-state index contributed by atoms with van der Waals surface area (Å²) in [6.45, 7) is 3.71. The zero-order chi connectivity index (χ0) is 21.7. The fourth-order valence-electron chi connectivity index (χ4n) is 5.52. The molecule has 0 saturated heterocycles. The lowest BCUT2D eigenvalue weighted by Gasteiger charge is -2.31. The molecular formula is C24H21FN2O4. The second-order valence-corrected chi connectivity index (χ2v) is 8.73. The van der Waals surface area contributed by atoms with Gasteiger partial charge in [0.15, 0.2) is 5.60 Å². The number of aromatic nitrogens is 2. The Morgan fingerprint density at radius 1 is 1.19 bits per heavy atom. The van der Waals surface area contributed by atoms with Crippen molar-refractivity contribution in [3.05, 3.63) is 61.7 Å². The first-order valence-electron chi connectivity index (χ1n) is 10.7. The molecule has 158 valence electrons. The third-order valence-electron chi connectivity index (χ3n) is 7.27. The Balaban J connectivity index is 1.68. The number of carbonyl (C=O) groups excluding carboxylic acids is 1. The molecule has 0 saturated carbocycles. The normalized spacial score (nSPS) is 21.0. The highest BCUT2D eigenvalue weighted by atomic mass is 19.1. The average molecular weight is 420 g/mol. The van der Waals surface area contributed by atoms with E-state index < -0.39 is 11.6 Å². The van der Waals surface area contributed by atoms with E-state index in [1.165, 1.54) is 6.07 Å². The smallest absolute Gasteiger partial charge is 0.343 e. The molecule has 4 heterocycles. The molecule has 0 spiro atoms. The van der Waals surface area contributed by atoms with Crippen molar-refractivity contribution in [3.8, 4) is 11.4 Å². The maximum absolute atomic E-state index is 14.6. The van der Waals surface area contributed by atoms with E-state index in [1.807, 2.05) is 6.92 Å². The SMILES string of the molecule is CC[C@@]1(O)C(=O)OCc2c1cc1n(c2=O)Cc2c-1nc1cc(F)c(C)c3c1c2CCC3. The Morgan fingerprint density at radius 3 is 2.74 bits per heavy atom. The number of carbonyl (C=O) groups is 1. The van der Waals surface area contributed by atoms with Crippen LogP contribution >= 0.6 is 0 Å². The van der Waals surface area contributed by atoms with Gasteiger partial charge in [-0.3, -0.25) is 4.79 Å². The summed E-state index contributed by atoms with van der Waals surface area (Å²) in [6, 6.07) is 3.18. The number of pyridine rings is 2. The van der Waals surface area contributed by atoms with Crippen LogP contribution in [-0.4, -0.2) is 20.6 Å². The van der Waals surface area contributed by atoms with Crippen molar-refractivity contribution < 1.29 is 19.0 Å². The van der Waals surface area contributed by atoms with E-state index in [4.69, 9.17) is 9.72 Å².